The topological polar surface area (TPSA) is 69.8 Å². The van der Waals surface area contributed by atoms with Crippen molar-refractivity contribution in [2.24, 2.45) is 0 Å². The van der Waals surface area contributed by atoms with E-state index < -0.39 is 0 Å². The number of hydrogen-bond acceptors (Lipinski definition) is 4. The Morgan fingerprint density at radius 1 is 1.55 bits per heavy atom. The zero-order valence-electron chi connectivity index (χ0n) is 10.8. The van der Waals surface area contributed by atoms with Crippen LogP contribution in [0.25, 0.3) is 11.0 Å². The molecule has 1 aromatic heterocycles. The van der Waals surface area contributed by atoms with Crippen LogP contribution < -0.4 is 10.6 Å². The Labute approximate surface area is 125 Å². The number of rotatable bonds is 3. The van der Waals surface area contributed by atoms with Crippen LogP contribution >= 0.6 is 23.4 Å². The highest BCUT2D eigenvalue weighted by atomic mass is 35.5. The monoisotopic (exact) mass is 310 g/mol. The molecule has 1 atom stereocenters. The van der Waals surface area contributed by atoms with E-state index in [-0.39, 0.29) is 11.9 Å². The lowest BCUT2D eigenvalue weighted by Gasteiger charge is -2.22. The summed E-state index contributed by atoms with van der Waals surface area (Å²) in [6.45, 7) is 0.961. The van der Waals surface area contributed by atoms with Crippen LogP contribution in [0.1, 0.15) is 6.42 Å². The van der Waals surface area contributed by atoms with Crippen molar-refractivity contribution in [3.63, 3.8) is 0 Å². The standard InChI is InChI=1S/C13H15ClN4OS/c14-9-2-1-3-10-12(9)18-13(16-10)17-11(19)6-8-7-20-5-4-15-8/h1-3,8,15H,4-7H2,(H2,16,17,18,19). The molecule has 2 heterocycles. The maximum absolute atomic E-state index is 12.0. The Morgan fingerprint density at radius 2 is 2.45 bits per heavy atom. The van der Waals surface area contributed by atoms with E-state index in [0.717, 1.165) is 23.6 Å². The predicted molar refractivity (Wildman–Crippen MR) is 83.5 cm³/mol. The zero-order valence-corrected chi connectivity index (χ0v) is 12.4. The summed E-state index contributed by atoms with van der Waals surface area (Å²) in [5, 5.41) is 6.70. The van der Waals surface area contributed by atoms with Gasteiger partial charge in [-0.2, -0.15) is 11.8 Å². The molecule has 7 heteroatoms. The normalized spacial score (nSPS) is 19.1. The van der Waals surface area contributed by atoms with Crippen molar-refractivity contribution in [2.75, 3.05) is 23.4 Å². The molecule has 0 saturated carbocycles. The number of carbonyl (C=O) groups excluding carboxylic acids is 1. The SMILES string of the molecule is O=C(CC1CSCCN1)Nc1nc2c(Cl)cccc2[nH]1. The number of aromatic amines is 1. The van der Waals surface area contributed by atoms with E-state index in [0.29, 0.717) is 22.9 Å². The van der Waals surface area contributed by atoms with Crippen LogP contribution in [0.5, 0.6) is 0 Å². The first-order chi connectivity index (χ1) is 9.72. The highest BCUT2D eigenvalue weighted by Crippen LogP contribution is 2.22. The van der Waals surface area contributed by atoms with Crippen LogP contribution in [0.4, 0.5) is 5.95 Å². The van der Waals surface area contributed by atoms with E-state index in [1.54, 1.807) is 6.07 Å². The third-order valence-electron chi connectivity index (χ3n) is 3.15. The van der Waals surface area contributed by atoms with E-state index >= 15 is 0 Å². The quantitative estimate of drug-likeness (QED) is 0.813. The molecule has 1 aliphatic rings. The summed E-state index contributed by atoms with van der Waals surface area (Å²) in [5.74, 6) is 2.49. The van der Waals surface area contributed by atoms with Crippen LogP contribution in [-0.4, -0.2) is 40.0 Å². The number of fused-ring (bicyclic) bond motifs is 1. The van der Waals surface area contributed by atoms with Gasteiger partial charge in [0, 0.05) is 30.5 Å². The van der Waals surface area contributed by atoms with Gasteiger partial charge >= 0.3 is 0 Å². The van der Waals surface area contributed by atoms with Gasteiger partial charge < -0.3 is 10.3 Å². The molecule has 1 saturated heterocycles. The minimum atomic E-state index is -0.0415. The van der Waals surface area contributed by atoms with Gasteiger partial charge in [-0.1, -0.05) is 17.7 Å². The minimum absolute atomic E-state index is 0.0415. The van der Waals surface area contributed by atoms with Crippen LogP contribution in [-0.2, 0) is 4.79 Å². The molecule has 3 rings (SSSR count). The summed E-state index contributed by atoms with van der Waals surface area (Å²) in [6, 6.07) is 5.74. The van der Waals surface area contributed by atoms with Crippen molar-refractivity contribution in [2.45, 2.75) is 12.5 Å². The number of thioether (sulfide) groups is 1. The van der Waals surface area contributed by atoms with Crippen molar-refractivity contribution >= 4 is 46.3 Å². The molecule has 5 nitrogen and oxygen atoms in total. The zero-order chi connectivity index (χ0) is 13.9. The van der Waals surface area contributed by atoms with Gasteiger partial charge in [-0.15, -0.1) is 0 Å². The van der Waals surface area contributed by atoms with Crippen molar-refractivity contribution < 1.29 is 4.79 Å². The second kappa shape index (κ2) is 6.03. The molecule has 1 amide bonds. The second-order valence-corrected chi connectivity index (χ2v) is 6.26. The number of hydrogen-bond donors (Lipinski definition) is 3. The minimum Gasteiger partial charge on any atom is -0.324 e. The summed E-state index contributed by atoms with van der Waals surface area (Å²) in [5.41, 5.74) is 1.50. The van der Waals surface area contributed by atoms with Crippen LogP contribution in [0.15, 0.2) is 18.2 Å². The number of carbonyl (C=O) groups is 1. The third-order valence-corrected chi connectivity index (χ3v) is 4.59. The molecule has 1 unspecified atom stereocenters. The number of imidazole rings is 1. The molecule has 1 fully saturated rings. The fourth-order valence-electron chi connectivity index (χ4n) is 2.21. The summed E-state index contributed by atoms with van der Waals surface area (Å²) in [4.78, 5) is 19.3. The number of benzene rings is 1. The van der Waals surface area contributed by atoms with E-state index in [4.69, 9.17) is 11.6 Å². The lowest BCUT2D eigenvalue weighted by molar-refractivity contribution is -0.116. The average molecular weight is 311 g/mol. The first-order valence-electron chi connectivity index (χ1n) is 6.47. The highest BCUT2D eigenvalue weighted by molar-refractivity contribution is 7.99. The fraction of sp³-hybridized carbons (Fsp3) is 0.385. The average Bonchev–Trinajstić information content (AvgIpc) is 2.83. The van der Waals surface area contributed by atoms with Gasteiger partial charge in [0.05, 0.1) is 10.5 Å². The first kappa shape index (κ1) is 13.7. The Morgan fingerprint density at radius 3 is 3.20 bits per heavy atom. The molecule has 0 bridgehead atoms. The molecule has 3 N–H and O–H groups in total. The summed E-state index contributed by atoms with van der Waals surface area (Å²) >= 11 is 7.93. The van der Waals surface area contributed by atoms with Crippen LogP contribution in [0.3, 0.4) is 0 Å². The van der Waals surface area contributed by atoms with Gasteiger partial charge in [0.15, 0.2) is 0 Å². The Bertz CT molecular complexity index is 624. The van der Waals surface area contributed by atoms with E-state index in [1.165, 1.54) is 0 Å². The molecule has 106 valence electrons. The number of H-pyrrole nitrogens is 1. The number of anilines is 1. The number of para-hydroxylation sites is 1. The van der Waals surface area contributed by atoms with E-state index in [2.05, 4.69) is 20.6 Å². The highest BCUT2D eigenvalue weighted by Gasteiger charge is 2.17. The Hall–Kier alpha value is -1.24. The van der Waals surface area contributed by atoms with Crippen LogP contribution in [0.2, 0.25) is 5.02 Å². The number of nitrogens with one attached hydrogen (secondary N) is 3. The molecule has 0 aliphatic carbocycles. The molecule has 2 aromatic rings. The third kappa shape index (κ3) is 3.08. The van der Waals surface area contributed by atoms with Gasteiger partial charge in [-0.25, -0.2) is 4.98 Å². The van der Waals surface area contributed by atoms with Crippen LogP contribution in [0, 0.1) is 0 Å². The van der Waals surface area contributed by atoms with Crippen molar-refractivity contribution in [1.82, 2.24) is 15.3 Å². The molecule has 20 heavy (non-hydrogen) atoms. The number of aromatic nitrogens is 2. The van der Waals surface area contributed by atoms with Crippen molar-refractivity contribution in [3.8, 4) is 0 Å². The molecular formula is C13H15ClN4OS. The first-order valence-corrected chi connectivity index (χ1v) is 8.01. The second-order valence-electron chi connectivity index (χ2n) is 4.70. The van der Waals surface area contributed by atoms with Crippen molar-refractivity contribution in [1.29, 1.82) is 0 Å². The largest absolute Gasteiger partial charge is 0.324 e. The molecule has 1 aromatic carbocycles. The number of amides is 1. The predicted octanol–water partition coefficient (Wildman–Crippen LogP) is 2.25. The Balaban J connectivity index is 1.66. The molecule has 0 spiro atoms. The van der Waals surface area contributed by atoms with Gasteiger partial charge in [0.1, 0.15) is 5.52 Å². The van der Waals surface area contributed by atoms with Gasteiger partial charge in [0.25, 0.3) is 0 Å². The van der Waals surface area contributed by atoms with E-state index in [9.17, 15) is 4.79 Å². The maximum atomic E-state index is 12.0. The molecule has 0 radical (unpaired) electrons. The molecule has 1 aliphatic heterocycles. The lowest BCUT2D eigenvalue weighted by Crippen LogP contribution is -2.40. The summed E-state index contributed by atoms with van der Waals surface area (Å²) in [6.07, 6.45) is 0.456. The molecular weight excluding hydrogens is 296 g/mol. The van der Waals surface area contributed by atoms with Gasteiger partial charge in [-0.3, -0.25) is 10.1 Å². The summed E-state index contributed by atoms with van der Waals surface area (Å²) in [7, 11) is 0. The lowest BCUT2D eigenvalue weighted by atomic mass is 10.2. The smallest absolute Gasteiger partial charge is 0.228 e. The fourth-order valence-corrected chi connectivity index (χ4v) is 3.38. The maximum Gasteiger partial charge on any atom is 0.228 e. The summed E-state index contributed by atoms with van der Waals surface area (Å²) < 4.78 is 0. The van der Waals surface area contributed by atoms with E-state index in [1.807, 2.05) is 23.9 Å². The van der Waals surface area contributed by atoms with Gasteiger partial charge in [0.2, 0.25) is 11.9 Å². The number of nitrogens with zero attached hydrogens (tertiary/aromatic N) is 1. The Kier molecular flexibility index (Phi) is 4.14. The van der Waals surface area contributed by atoms with Crippen molar-refractivity contribution in [3.05, 3.63) is 23.2 Å². The number of halogens is 1. The van der Waals surface area contributed by atoms with Gasteiger partial charge in [-0.05, 0) is 12.1 Å².